The first kappa shape index (κ1) is 10.6. The fourth-order valence-corrected chi connectivity index (χ4v) is 2.14. The first-order valence-corrected chi connectivity index (χ1v) is 5.32. The van der Waals surface area contributed by atoms with Crippen molar-refractivity contribution in [1.29, 1.82) is 0 Å². The lowest BCUT2D eigenvalue weighted by Gasteiger charge is -2.15. The van der Waals surface area contributed by atoms with Crippen LogP contribution in [0.5, 0.6) is 0 Å². The average Bonchev–Trinajstić information content (AvgIpc) is 2.53. The van der Waals surface area contributed by atoms with Gasteiger partial charge in [0, 0.05) is 6.92 Å². The van der Waals surface area contributed by atoms with Crippen LogP contribution in [0.15, 0.2) is 0 Å². The summed E-state index contributed by atoms with van der Waals surface area (Å²) >= 11 is 0. The predicted molar refractivity (Wildman–Crippen MR) is 52.4 cm³/mol. The van der Waals surface area contributed by atoms with Gasteiger partial charge in [-0.1, -0.05) is 32.6 Å². The van der Waals surface area contributed by atoms with Crippen molar-refractivity contribution < 1.29 is 9.53 Å². The van der Waals surface area contributed by atoms with E-state index in [2.05, 4.69) is 6.92 Å². The maximum absolute atomic E-state index is 10.6. The van der Waals surface area contributed by atoms with Crippen molar-refractivity contribution in [3.8, 4) is 0 Å². The monoisotopic (exact) mass is 184 g/mol. The summed E-state index contributed by atoms with van der Waals surface area (Å²) < 4.78 is 4.98. The lowest BCUT2D eigenvalue weighted by Crippen LogP contribution is -2.12. The van der Waals surface area contributed by atoms with Crippen molar-refractivity contribution in [3.63, 3.8) is 0 Å². The maximum atomic E-state index is 10.6. The summed E-state index contributed by atoms with van der Waals surface area (Å²) in [6.07, 6.45) is 6.78. The third kappa shape index (κ3) is 4.30. The van der Waals surface area contributed by atoms with Crippen molar-refractivity contribution in [2.75, 3.05) is 6.61 Å². The molecule has 0 aromatic carbocycles. The second kappa shape index (κ2) is 5.25. The summed E-state index contributed by atoms with van der Waals surface area (Å²) in [4.78, 5) is 10.6. The van der Waals surface area contributed by atoms with E-state index in [1.807, 2.05) is 0 Å². The molecule has 13 heavy (non-hydrogen) atoms. The summed E-state index contributed by atoms with van der Waals surface area (Å²) in [5, 5.41) is 0. The molecule has 1 aliphatic rings. The van der Waals surface area contributed by atoms with Gasteiger partial charge in [0.1, 0.15) is 0 Å². The number of carbonyl (C=O) groups excluding carboxylic acids is 1. The van der Waals surface area contributed by atoms with Gasteiger partial charge in [0.05, 0.1) is 6.61 Å². The minimum atomic E-state index is -0.154. The molecule has 1 rings (SSSR count). The van der Waals surface area contributed by atoms with Gasteiger partial charge in [-0.15, -0.1) is 0 Å². The highest BCUT2D eigenvalue weighted by atomic mass is 16.5. The lowest BCUT2D eigenvalue weighted by atomic mass is 9.95. The van der Waals surface area contributed by atoms with E-state index in [4.69, 9.17) is 4.74 Å². The standard InChI is InChI=1S/C11H20O2/c1-9(8-13-10(2)12)7-11-5-3-4-6-11/h9,11H,3-8H2,1-2H3/t9-/m0/s1. The molecule has 2 nitrogen and oxygen atoms in total. The van der Waals surface area contributed by atoms with Gasteiger partial charge >= 0.3 is 5.97 Å². The van der Waals surface area contributed by atoms with E-state index in [-0.39, 0.29) is 5.97 Å². The maximum Gasteiger partial charge on any atom is 0.302 e. The summed E-state index contributed by atoms with van der Waals surface area (Å²) in [5.41, 5.74) is 0. The van der Waals surface area contributed by atoms with Crippen molar-refractivity contribution in [1.82, 2.24) is 0 Å². The van der Waals surface area contributed by atoms with Crippen LogP contribution in [0.3, 0.4) is 0 Å². The van der Waals surface area contributed by atoms with Crippen molar-refractivity contribution in [3.05, 3.63) is 0 Å². The molecule has 0 aliphatic heterocycles. The zero-order valence-electron chi connectivity index (χ0n) is 8.71. The third-order valence-corrected chi connectivity index (χ3v) is 2.78. The Kier molecular flexibility index (Phi) is 4.26. The largest absolute Gasteiger partial charge is 0.466 e. The van der Waals surface area contributed by atoms with Crippen molar-refractivity contribution in [2.24, 2.45) is 11.8 Å². The van der Waals surface area contributed by atoms with Crippen LogP contribution in [-0.2, 0) is 9.53 Å². The van der Waals surface area contributed by atoms with E-state index >= 15 is 0 Å². The Bertz CT molecular complexity index is 159. The van der Waals surface area contributed by atoms with E-state index in [0.717, 1.165) is 5.92 Å². The summed E-state index contributed by atoms with van der Waals surface area (Å²) in [5.74, 6) is 1.27. The molecule has 0 bridgehead atoms. The Labute approximate surface area is 80.7 Å². The fraction of sp³-hybridized carbons (Fsp3) is 0.909. The molecule has 1 aliphatic carbocycles. The molecule has 1 fully saturated rings. The van der Waals surface area contributed by atoms with Gasteiger partial charge in [0.25, 0.3) is 0 Å². The van der Waals surface area contributed by atoms with E-state index in [0.29, 0.717) is 12.5 Å². The Balaban J connectivity index is 2.09. The van der Waals surface area contributed by atoms with Crippen LogP contribution in [-0.4, -0.2) is 12.6 Å². The quantitative estimate of drug-likeness (QED) is 0.628. The van der Waals surface area contributed by atoms with Crippen LogP contribution in [0, 0.1) is 11.8 Å². The van der Waals surface area contributed by atoms with Crippen LogP contribution in [0.1, 0.15) is 46.0 Å². The Morgan fingerprint density at radius 3 is 2.62 bits per heavy atom. The smallest absolute Gasteiger partial charge is 0.302 e. The first-order valence-electron chi connectivity index (χ1n) is 5.32. The highest BCUT2D eigenvalue weighted by molar-refractivity contribution is 5.65. The molecule has 76 valence electrons. The average molecular weight is 184 g/mol. The number of ether oxygens (including phenoxy) is 1. The van der Waals surface area contributed by atoms with Gasteiger partial charge in [0.15, 0.2) is 0 Å². The van der Waals surface area contributed by atoms with Gasteiger partial charge < -0.3 is 4.74 Å². The number of esters is 1. The van der Waals surface area contributed by atoms with Crippen LogP contribution in [0.4, 0.5) is 0 Å². The normalized spacial score (nSPS) is 20.2. The zero-order chi connectivity index (χ0) is 9.68. The van der Waals surface area contributed by atoms with Gasteiger partial charge in [-0.05, 0) is 18.3 Å². The molecular formula is C11H20O2. The first-order chi connectivity index (χ1) is 6.18. The van der Waals surface area contributed by atoms with E-state index in [1.165, 1.54) is 39.0 Å². The Morgan fingerprint density at radius 2 is 2.08 bits per heavy atom. The molecule has 1 saturated carbocycles. The van der Waals surface area contributed by atoms with E-state index in [1.54, 1.807) is 0 Å². The van der Waals surface area contributed by atoms with Crippen LogP contribution >= 0.6 is 0 Å². The number of hydrogen-bond acceptors (Lipinski definition) is 2. The van der Waals surface area contributed by atoms with Gasteiger partial charge in [-0.3, -0.25) is 4.79 Å². The summed E-state index contributed by atoms with van der Waals surface area (Å²) in [7, 11) is 0. The summed E-state index contributed by atoms with van der Waals surface area (Å²) in [6.45, 7) is 4.25. The lowest BCUT2D eigenvalue weighted by molar-refractivity contribution is -0.142. The molecule has 0 unspecified atom stereocenters. The number of hydrogen-bond donors (Lipinski definition) is 0. The van der Waals surface area contributed by atoms with Crippen LogP contribution in [0.2, 0.25) is 0 Å². The minimum Gasteiger partial charge on any atom is -0.466 e. The molecule has 0 aromatic rings. The molecule has 0 saturated heterocycles. The molecule has 0 spiro atoms. The predicted octanol–water partition coefficient (Wildman–Crippen LogP) is 2.77. The molecule has 0 N–H and O–H groups in total. The number of rotatable bonds is 4. The zero-order valence-corrected chi connectivity index (χ0v) is 8.71. The highest BCUT2D eigenvalue weighted by Gasteiger charge is 2.18. The van der Waals surface area contributed by atoms with Crippen molar-refractivity contribution in [2.45, 2.75) is 46.0 Å². The van der Waals surface area contributed by atoms with Gasteiger partial charge in [-0.2, -0.15) is 0 Å². The SMILES string of the molecule is CC(=O)OC[C@@H](C)CC1CCCC1. The van der Waals surface area contributed by atoms with E-state index in [9.17, 15) is 4.79 Å². The van der Waals surface area contributed by atoms with Crippen molar-refractivity contribution >= 4 is 5.97 Å². The second-order valence-corrected chi connectivity index (χ2v) is 4.29. The molecule has 0 amide bonds. The van der Waals surface area contributed by atoms with Crippen LogP contribution in [0.25, 0.3) is 0 Å². The van der Waals surface area contributed by atoms with E-state index < -0.39 is 0 Å². The third-order valence-electron chi connectivity index (χ3n) is 2.78. The second-order valence-electron chi connectivity index (χ2n) is 4.29. The fourth-order valence-electron chi connectivity index (χ4n) is 2.14. The Hall–Kier alpha value is -0.530. The summed E-state index contributed by atoms with van der Waals surface area (Å²) in [6, 6.07) is 0. The minimum absolute atomic E-state index is 0.154. The number of carbonyl (C=O) groups is 1. The van der Waals surface area contributed by atoms with Gasteiger partial charge in [0.2, 0.25) is 0 Å². The van der Waals surface area contributed by atoms with Crippen LogP contribution < -0.4 is 0 Å². The molecule has 0 aromatic heterocycles. The highest BCUT2D eigenvalue weighted by Crippen LogP contribution is 2.30. The van der Waals surface area contributed by atoms with Gasteiger partial charge in [-0.25, -0.2) is 0 Å². The molecule has 1 atom stereocenters. The molecule has 0 heterocycles. The molecule has 0 radical (unpaired) electrons. The molecule has 2 heteroatoms. The topological polar surface area (TPSA) is 26.3 Å². The Morgan fingerprint density at radius 1 is 1.46 bits per heavy atom. The molecular weight excluding hydrogens is 164 g/mol.